The van der Waals surface area contributed by atoms with Gasteiger partial charge in [-0.2, -0.15) is 0 Å². The van der Waals surface area contributed by atoms with E-state index in [0.717, 1.165) is 60.9 Å². The van der Waals surface area contributed by atoms with E-state index in [2.05, 4.69) is 10.2 Å². The number of aryl methyl sites for hydroxylation is 3. The van der Waals surface area contributed by atoms with E-state index in [1.807, 2.05) is 48.6 Å². The number of aromatic nitrogens is 2. The summed E-state index contributed by atoms with van der Waals surface area (Å²) in [4.78, 5) is 27.3. The quantitative estimate of drug-likeness (QED) is 0.720. The van der Waals surface area contributed by atoms with E-state index in [1.165, 1.54) is 22.2 Å². The van der Waals surface area contributed by atoms with Crippen LogP contribution >= 0.6 is 11.3 Å². The Bertz CT molecular complexity index is 1030. The second kappa shape index (κ2) is 7.17. The van der Waals surface area contributed by atoms with E-state index in [-0.39, 0.29) is 11.8 Å². The maximum atomic E-state index is 12.8. The fourth-order valence-electron chi connectivity index (χ4n) is 4.46. The molecule has 1 unspecified atom stereocenters. The maximum Gasteiger partial charge on any atom is 0.229 e. The lowest BCUT2D eigenvalue weighted by Crippen LogP contribution is -2.41. The lowest BCUT2D eigenvalue weighted by Gasteiger charge is -2.33. The van der Waals surface area contributed by atoms with Gasteiger partial charge in [-0.3, -0.25) is 4.79 Å². The van der Waals surface area contributed by atoms with Crippen LogP contribution in [0.5, 0.6) is 0 Å². The zero-order valence-corrected chi connectivity index (χ0v) is 16.9. The van der Waals surface area contributed by atoms with E-state index < -0.39 is 0 Å². The fourth-order valence-corrected chi connectivity index (χ4v) is 5.76. The van der Waals surface area contributed by atoms with Gasteiger partial charge in [-0.15, -0.1) is 11.3 Å². The maximum absolute atomic E-state index is 12.8. The van der Waals surface area contributed by atoms with Crippen LogP contribution in [0.1, 0.15) is 35.5 Å². The largest absolute Gasteiger partial charge is 0.355 e. The summed E-state index contributed by atoms with van der Waals surface area (Å²) in [6.45, 7) is 3.64. The van der Waals surface area contributed by atoms with Gasteiger partial charge in [0, 0.05) is 23.7 Å². The molecule has 1 aliphatic carbocycles. The molecule has 28 heavy (non-hydrogen) atoms. The molecule has 0 spiro atoms. The first-order valence-electron chi connectivity index (χ1n) is 10.1. The second-order valence-electron chi connectivity index (χ2n) is 7.77. The Hall–Kier alpha value is -2.47. The van der Waals surface area contributed by atoms with Crippen LogP contribution in [-0.2, 0) is 17.6 Å². The van der Waals surface area contributed by atoms with E-state index in [4.69, 9.17) is 9.97 Å². The molecule has 1 saturated heterocycles. The van der Waals surface area contributed by atoms with Gasteiger partial charge >= 0.3 is 0 Å². The van der Waals surface area contributed by atoms with Crippen molar-refractivity contribution in [2.45, 2.75) is 39.0 Å². The predicted molar refractivity (Wildman–Crippen MR) is 114 cm³/mol. The fraction of sp³-hybridized carbons (Fsp3) is 0.409. The highest BCUT2D eigenvalue weighted by Gasteiger charge is 2.30. The van der Waals surface area contributed by atoms with Gasteiger partial charge in [0.15, 0.2) is 0 Å². The second-order valence-corrected chi connectivity index (χ2v) is 8.86. The average molecular weight is 393 g/mol. The van der Waals surface area contributed by atoms with Crippen LogP contribution in [0.2, 0.25) is 0 Å². The molecule has 2 aromatic heterocycles. The van der Waals surface area contributed by atoms with E-state index >= 15 is 0 Å². The molecule has 0 radical (unpaired) electrons. The van der Waals surface area contributed by atoms with E-state index in [0.29, 0.717) is 0 Å². The number of anilines is 2. The lowest BCUT2D eigenvalue weighted by atomic mass is 9.96. The summed E-state index contributed by atoms with van der Waals surface area (Å²) in [7, 11) is 0. The minimum absolute atomic E-state index is 0.0223. The molecule has 5 rings (SSSR count). The Balaban J connectivity index is 1.43. The Labute approximate surface area is 168 Å². The van der Waals surface area contributed by atoms with Crippen molar-refractivity contribution in [3.8, 4) is 0 Å². The minimum atomic E-state index is -0.0223. The Morgan fingerprint density at radius 2 is 2.04 bits per heavy atom. The first kappa shape index (κ1) is 17.6. The SMILES string of the molecule is Cc1nc(N2CCCC(C(=O)Nc3ccccc3)C2)c2c3c(sc2n1)CCC3. The van der Waals surface area contributed by atoms with Crippen LogP contribution in [0, 0.1) is 12.8 Å². The molecule has 0 saturated carbocycles. The molecule has 1 amide bonds. The van der Waals surface area contributed by atoms with Gasteiger partial charge in [-0.1, -0.05) is 18.2 Å². The van der Waals surface area contributed by atoms with Crippen molar-refractivity contribution < 1.29 is 4.79 Å². The number of thiophene rings is 1. The third-order valence-electron chi connectivity index (χ3n) is 5.79. The topological polar surface area (TPSA) is 58.1 Å². The summed E-state index contributed by atoms with van der Waals surface area (Å²) in [6, 6.07) is 9.72. The third kappa shape index (κ3) is 3.15. The molecule has 1 atom stereocenters. The number of benzene rings is 1. The van der Waals surface area contributed by atoms with Crippen molar-refractivity contribution in [2.75, 3.05) is 23.3 Å². The van der Waals surface area contributed by atoms with Gasteiger partial charge in [0.2, 0.25) is 5.91 Å². The van der Waals surface area contributed by atoms with Crippen molar-refractivity contribution >= 4 is 39.0 Å². The zero-order chi connectivity index (χ0) is 19.1. The summed E-state index contributed by atoms with van der Waals surface area (Å²) < 4.78 is 0. The number of hydrogen-bond acceptors (Lipinski definition) is 5. The summed E-state index contributed by atoms with van der Waals surface area (Å²) in [5.41, 5.74) is 2.31. The van der Waals surface area contributed by atoms with Gasteiger partial charge in [-0.25, -0.2) is 9.97 Å². The third-order valence-corrected chi connectivity index (χ3v) is 6.98. The van der Waals surface area contributed by atoms with E-state index in [1.54, 1.807) is 0 Å². The first-order chi connectivity index (χ1) is 13.7. The van der Waals surface area contributed by atoms with Crippen molar-refractivity contribution in [1.29, 1.82) is 0 Å². The molecule has 1 aliphatic heterocycles. The molecule has 1 N–H and O–H groups in total. The van der Waals surface area contributed by atoms with Crippen LogP contribution in [0.3, 0.4) is 0 Å². The van der Waals surface area contributed by atoms with Crippen molar-refractivity contribution in [3.63, 3.8) is 0 Å². The van der Waals surface area contributed by atoms with Gasteiger partial charge < -0.3 is 10.2 Å². The summed E-state index contributed by atoms with van der Waals surface area (Å²) in [5, 5.41) is 4.32. The number of piperidine rings is 1. The molecule has 144 valence electrons. The minimum Gasteiger partial charge on any atom is -0.355 e. The molecule has 5 nitrogen and oxygen atoms in total. The molecule has 1 fully saturated rings. The van der Waals surface area contributed by atoms with Crippen LogP contribution in [0.15, 0.2) is 30.3 Å². The highest BCUT2D eigenvalue weighted by atomic mass is 32.1. The van der Waals surface area contributed by atoms with Crippen LogP contribution in [-0.4, -0.2) is 29.0 Å². The van der Waals surface area contributed by atoms with Gasteiger partial charge in [-0.05, 0) is 56.7 Å². The number of carbonyl (C=O) groups is 1. The van der Waals surface area contributed by atoms with Gasteiger partial charge in [0.25, 0.3) is 0 Å². The Kier molecular flexibility index (Phi) is 4.51. The van der Waals surface area contributed by atoms with Crippen LogP contribution < -0.4 is 10.2 Å². The molecule has 2 aliphatic rings. The number of carbonyl (C=O) groups excluding carboxylic acids is 1. The molecule has 0 bridgehead atoms. The number of para-hydroxylation sites is 1. The number of nitrogens with one attached hydrogen (secondary N) is 1. The van der Waals surface area contributed by atoms with Gasteiger partial charge in [0.05, 0.1) is 11.3 Å². The predicted octanol–water partition coefficient (Wildman–Crippen LogP) is 4.34. The standard InChI is InChI=1S/C22H24N4OS/c1-14-23-20(19-17-10-5-11-18(17)28-22(19)24-14)26-12-6-7-15(13-26)21(27)25-16-8-3-2-4-9-16/h2-4,8-9,15H,5-7,10-13H2,1H3,(H,25,27). The Morgan fingerprint density at radius 3 is 2.89 bits per heavy atom. The van der Waals surface area contributed by atoms with Crippen molar-refractivity contribution in [3.05, 3.63) is 46.6 Å². The smallest absolute Gasteiger partial charge is 0.229 e. The normalized spacial score (nSPS) is 19.0. The molecule has 6 heteroatoms. The highest BCUT2D eigenvalue weighted by molar-refractivity contribution is 7.19. The summed E-state index contributed by atoms with van der Waals surface area (Å²) in [5.74, 6) is 1.94. The van der Waals surface area contributed by atoms with Crippen molar-refractivity contribution in [1.82, 2.24) is 9.97 Å². The molecular weight excluding hydrogens is 368 g/mol. The first-order valence-corrected chi connectivity index (χ1v) is 10.9. The molecular formula is C22H24N4OS. The molecule has 3 aromatic rings. The number of fused-ring (bicyclic) bond motifs is 3. The Morgan fingerprint density at radius 1 is 1.18 bits per heavy atom. The van der Waals surface area contributed by atoms with E-state index in [9.17, 15) is 4.79 Å². The lowest BCUT2D eigenvalue weighted by molar-refractivity contribution is -0.120. The zero-order valence-electron chi connectivity index (χ0n) is 16.1. The number of rotatable bonds is 3. The average Bonchev–Trinajstić information content (AvgIpc) is 3.29. The molecule has 1 aromatic carbocycles. The van der Waals surface area contributed by atoms with Gasteiger partial charge in [0.1, 0.15) is 16.5 Å². The highest BCUT2D eigenvalue weighted by Crippen LogP contribution is 2.41. The monoisotopic (exact) mass is 392 g/mol. The summed E-state index contributed by atoms with van der Waals surface area (Å²) in [6.07, 6.45) is 5.44. The van der Waals surface area contributed by atoms with Crippen molar-refractivity contribution in [2.24, 2.45) is 5.92 Å². The van der Waals surface area contributed by atoms with Crippen LogP contribution in [0.4, 0.5) is 11.5 Å². The number of hydrogen-bond donors (Lipinski definition) is 1. The van der Waals surface area contributed by atoms with Crippen LogP contribution in [0.25, 0.3) is 10.2 Å². The number of amides is 1. The number of nitrogens with zero attached hydrogens (tertiary/aromatic N) is 3. The molecule has 3 heterocycles. The summed E-state index contributed by atoms with van der Waals surface area (Å²) >= 11 is 1.83.